The van der Waals surface area contributed by atoms with Gasteiger partial charge in [-0.1, -0.05) is 40.9 Å². The zero-order valence-corrected chi connectivity index (χ0v) is 19.3. The molecular weight excluding hydrogens is 473 g/mol. The van der Waals surface area contributed by atoms with Gasteiger partial charge in [0.25, 0.3) is 0 Å². The molecule has 2 aromatic carbocycles. The normalized spacial score (nSPS) is 30.8. The van der Waals surface area contributed by atoms with E-state index >= 15 is 0 Å². The minimum absolute atomic E-state index is 0.194. The van der Waals surface area contributed by atoms with Crippen LogP contribution in [0.25, 0.3) is 0 Å². The second-order valence-electron chi connectivity index (χ2n) is 8.83. The molecule has 0 saturated carbocycles. The van der Waals surface area contributed by atoms with Crippen LogP contribution in [0.2, 0.25) is 15.1 Å². The highest BCUT2D eigenvalue weighted by atomic mass is 35.5. The zero-order valence-electron chi connectivity index (χ0n) is 17.0. The lowest BCUT2D eigenvalue weighted by Crippen LogP contribution is -2.54. The fourth-order valence-electron chi connectivity index (χ4n) is 6.29. The van der Waals surface area contributed by atoms with Crippen molar-refractivity contribution >= 4 is 63.9 Å². The quantitative estimate of drug-likeness (QED) is 0.602. The van der Waals surface area contributed by atoms with E-state index < -0.39 is 23.3 Å². The van der Waals surface area contributed by atoms with Crippen LogP contribution in [0.4, 0.5) is 11.4 Å². The number of hydrogen-bond donors (Lipinski definition) is 1. The van der Waals surface area contributed by atoms with Crippen molar-refractivity contribution in [2.24, 2.45) is 11.8 Å². The molecule has 3 fully saturated rings. The highest BCUT2D eigenvalue weighted by Crippen LogP contribution is 2.61. The molecule has 0 aliphatic carbocycles. The number of carbonyl (C=O) groups is 3. The number of rotatable bonds is 1. The van der Waals surface area contributed by atoms with Crippen LogP contribution in [0.3, 0.4) is 0 Å². The van der Waals surface area contributed by atoms with Crippen LogP contribution < -0.4 is 10.2 Å². The van der Waals surface area contributed by atoms with Crippen molar-refractivity contribution in [3.63, 3.8) is 0 Å². The molecule has 6 rings (SSSR count). The first-order valence-electron chi connectivity index (χ1n) is 10.5. The van der Waals surface area contributed by atoms with Crippen LogP contribution in [0.5, 0.6) is 0 Å². The minimum Gasteiger partial charge on any atom is -0.324 e. The van der Waals surface area contributed by atoms with E-state index in [9.17, 15) is 14.4 Å². The predicted molar refractivity (Wildman–Crippen MR) is 122 cm³/mol. The molecule has 3 saturated heterocycles. The molecule has 0 radical (unpaired) electrons. The number of fused-ring (bicyclic) bond motifs is 7. The third-order valence-electron chi connectivity index (χ3n) is 7.51. The molecule has 4 heterocycles. The highest BCUT2D eigenvalue weighted by Gasteiger charge is 2.74. The van der Waals surface area contributed by atoms with Crippen molar-refractivity contribution in [3.8, 4) is 0 Å². The maximum absolute atomic E-state index is 13.9. The molecule has 6 nitrogen and oxygen atoms in total. The first kappa shape index (κ1) is 20.5. The summed E-state index contributed by atoms with van der Waals surface area (Å²) in [5, 5.41) is 4.15. The number of halogens is 3. The monoisotopic (exact) mass is 489 g/mol. The van der Waals surface area contributed by atoms with Gasteiger partial charge >= 0.3 is 0 Å². The van der Waals surface area contributed by atoms with Crippen molar-refractivity contribution in [3.05, 3.63) is 56.5 Å². The lowest BCUT2D eigenvalue weighted by atomic mass is 9.75. The van der Waals surface area contributed by atoms with Crippen molar-refractivity contribution in [1.82, 2.24) is 4.90 Å². The Hall–Kier alpha value is -2.12. The molecule has 2 aromatic rings. The number of carbonyl (C=O) groups excluding carboxylic acids is 3. The number of imide groups is 1. The summed E-state index contributed by atoms with van der Waals surface area (Å²) in [5.41, 5.74) is 1.16. The standard InChI is InChI=1S/C23H18Cl3N3O3/c1-10-13(25)6-5-12-19(10)27-22(32)23(12)18-17(16-3-2-8-28(16)23)20(30)29(21(18)31)15-7-4-11(24)9-14(15)26/h4-7,9,16-18H,2-3,8H2,1H3,(H,27,32). The zero-order chi connectivity index (χ0) is 22.5. The summed E-state index contributed by atoms with van der Waals surface area (Å²) in [6.45, 7) is 2.49. The van der Waals surface area contributed by atoms with Gasteiger partial charge in [0.1, 0.15) is 5.54 Å². The van der Waals surface area contributed by atoms with Gasteiger partial charge in [0.15, 0.2) is 0 Å². The summed E-state index contributed by atoms with van der Waals surface area (Å²) in [7, 11) is 0. The van der Waals surface area contributed by atoms with Crippen LogP contribution in [-0.2, 0) is 19.9 Å². The van der Waals surface area contributed by atoms with Crippen LogP contribution in [0.1, 0.15) is 24.0 Å². The Morgan fingerprint density at radius 1 is 1.03 bits per heavy atom. The van der Waals surface area contributed by atoms with Gasteiger partial charge in [0.2, 0.25) is 17.7 Å². The largest absolute Gasteiger partial charge is 0.324 e. The van der Waals surface area contributed by atoms with E-state index in [1.54, 1.807) is 18.2 Å². The second kappa shape index (κ2) is 6.70. The second-order valence-corrected chi connectivity index (χ2v) is 10.1. The molecule has 32 heavy (non-hydrogen) atoms. The van der Waals surface area contributed by atoms with E-state index in [0.717, 1.165) is 23.3 Å². The van der Waals surface area contributed by atoms with Crippen molar-refractivity contribution in [1.29, 1.82) is 0 Å². The smallest absolute Gasteiger partial charge is 0.250 e. The Labute approximate surface area is 199 Å². The van der Waals surface area contributed by atoms with Crippen molar-refractivity contribution < 1.29 is 14.4 Å². The summed E-state index contributed by atoms with van der Waals surface area (Å²) in [6.07, 6.45) is 1.60. The molecule has 1 N–H and O–H groups in total. The third kappa shape index (κ3) is 2.29. The maximum Gasteiger partial charge on any atom is 0.250 e. The molecular formula is C23H18Cl3N3O3. The van der Waals surface area contributed by atoms with E-state index in [1.165, 1.54) is 6.07 Å². The predicted octanol–water partition coefficient (Wildman–Crippen LogP) is 4.39. The fraction of sp³-hybridized carbons (Fsp3) is 0.348. The van der Waals surface area contributed by atoms with Gasteiger partial charge in [0, 0.05) is 21.7 Å². The van der Waals surface area contributed by atoms with Crippen LogP contribution in [0.15, 0.2) is 30.3 Å². The van der Waals surface area contributed by atoms with Gasteiger partial charge < -0.3 is 5.32 Å². The number of benzene rings is 2. The topological polar surface area (TPSA) is 69.7 Å². The lowest BCUT2D eigenvalue weighted by molar-refractivity contribution is -0.135. The summed E-state index contributed by atoms with van der Waals surface area (Å²) < 4.78 is 0. The van der Waals surface area contributed by atoms with Gasteiger partial charge in [-0.3, -0.25) is 19.3 Å². The lowest BCUT2D eigenvalue weighted by Gasteiger charge is -2.36. The van der Waals surface area contributed by atoms with Gasteiger partial charge in [-0.25, -0.2) is 4.90 Å². The fourth-order valence-corrected chi connectivity index (χ4v) is 6.94. The molecule has 4 aliphatic heterocycles. The number of anilines is 2. The third-order valence-corrected chi connectivity index (χ3v) is 8.46. The van der Waals surface area contributed by atoms with E-state index in [2.05, 4.69) is 10.2 Å². The number of nitrogens with one attached hydrogen (secondary N) is 1. The molecule has 4 atom stereocenters. The average Bonchev–Trinajstić information content (AvgIpc) is 3.45. The Balaban J connectivity index is 1.57. The Morgan fingerprint density at radius 3 is 2.56 bits per heavy atom. The van der Waals surface area contributed by atoms with Gasteiger partial charge in [-0.2, -0.15) is 0 Å². The van der Waals surface area contributed by atoms with Crippen LogP contribution in [-0.4, -0.2) is 35.2 Å². The van der Waals surface area contributed by atoms with Gasteiger partial charge in [0.05, 0.1) is 28.2 Å². The van der Waals surface area contributed by atoms with E-state index in [4.69, 9.17) is 34.8 Å². The summed E-state index contributed by atoms with van der Waals surface area (Å²) >= 11 is 18.7. The van der Waals surface area contributed by atoms with Crippen LogP contribution >= 0.6 is 34.8 Å². The van der Waals surface area contributed by atoms with Gasteiger partial charge in [-0.15, -0.1) is 0 Å². The minimum atomic E-state index is -1.24. The summed E-state index contributed by atoms with van der Waals surface area (Å²) in [5.74, 6) is -2.46. The van der Waals surface area contributed by atoms with Crippen LogP contribution in [0, 0.1) is 18.8 Å². The van der Waals surface area contributed by atoms with Gasteiger partial charge in [-0.05, 0) is 56.1 Å². The summed E-state index contributed by atoms with van der Waals surface area (Å²) in [4.78, 5) is 44.5. The average molecular weight is 491 g/mol. The highest BCUT2D eigenvalue weighted by molar-refractivity contribution is 6.38. The van der Waals surface area contributed by atoms with E-state index in [1.807, 2.05) is 13.0 Å². The molecule has 3 amide bonds. The summed E-state index contributed by atoms with van der Waals surface area (Å²) in [6, 6.07) is 8.06. The number of amides is 3. The molecule has 9 heteroatoms. The number of nitrogens with zero attached hydrogens (tertiary/aromatic N) is 2. The van der Waals surface area contributed by atoms with E-state index in [-0.39, 0.29) is 22.9 Å². The maximum atomic E-state index is 13.9. The molecule has 0 aromatic heterocycles. The van der Waals surface area contributed by atoms with E-state index in [0.29, 0.717) is 33.5 Å². The van der Waals surface area contributed by atoms with Crippen molar-refractivity contribution in [2.75, 3.05) is 16.8 Å². The Kier molecular flexibility index (Phi) is 4.29. The Bertz CT molecular complexity index is 1250. The molecule has 164 valence electrons. The van der Waals surface area contributed by atoms with Crippen molar-refractivity contribution in [2.45, 2.75) is 31.3 Å². The molecule has 0 bridgehead atoms. The first-order chi connectivity index (χ1) is 15.3. The SMILES string of the molecule is Cc1c(Cl)ccc2c1NC(=O)C21C2C(=O)N(c3ccc(Cl)cc3Cl)C(=O)C2C2CCCN21. The molecule has 4 aliphatic rings. The molecule has 1 spiro atoms. The number of hydrogen-bond acceptors (Lipinski definition) is 4. The Morgan fingerprint density at radius 2 is 1.81 bits per heavy atom. The first-order valence-corrected chi connectivity index (χ1v) is 11.6. The molecule has 4 unspecified atom stereocenters.